The molecule has 0 atom stereocenters. The van der Waals surface area contributed by atoms with Crippen molar-refractivity contribution >= 4 is 37.5 Å². The van der Waals surface area contributed by atoms with Crippen LogP contribution in [0.25, 0.3) is 0 Å². The molecule has 110 valence electrons. The van der Waals surface area contributed by atoms with Gasteiger partial charge in [-0.25, -0.2) is 4.79 Å². The van der Waals surface area contributed by atoms with Gasteiger partial charge in [0.1, 0.15) is 5.60 Å². The van der Waals surface area contributed by atoms with E-state index in [1.54, 1.807) is 12.1 Å². The first-order chi connectivity index (χ1) is 10.0. The maximum absolute atomic E-state index is 12.2. The third-order valence-electron chi connectivity index (χ3n) is 3.03. The van der Waals surface area contributed by atoms with Gasteiger partial charge in [-0.3, -0.25) is 0 Å². The van der Waals surface area contributed by atoms with E-state index < -0.39 is 5.60 Å². The van der Waals surface area contributed by atoms with Crippen LogP contribution in [0.3, 0.4) is 0 Å². The molecule has 0 unspecified atom stereocenters. The lowest BCUT2D eigenvalue weighted by atomic mass is 9.98. The standard InChI is InChI=1S/C16H15ClO2S2/c1-16(2,13-6-4-3-5-7-13)19-15(18)12-8-10-14(11-9-12)20-21-17/h3-11H,1-2H3. The smallest absolute Gasteiger partial charge is 0.338 e. The molecule has 0 saturated heterocycles. The highest BCUT2D eigenvalue weighted by molar-refractivity contribution is 8.85. The van der Waals surface area contributed by atoms with E-state index >= 15 is 0 Å². The first kappa shape index (κ1) is 16.3. The Balaban J connectivity index is 2.10. The molecule has 0 N–H and O–H groups in total. The quantitative estimate of drug-likeness (QED) is 0.518. The molecule has 2 nitrogen and oxygen atoms in total. The van der Waals surface area contributed by atoms with Gasteiger partial charge in [-0.05, 0) is 65.2 Å². The van der Waals surface area contributed by atoms with Crippen molar-refractivity contribution in [3.63, 3.8) is 0 Å². The molecule has 0 bridgehead atoms. The van der Waals surface area contributed by atoms with Gasteiger partial charge in [-0.2, -0.15) is 0 Å². The average Bonchev–Trinajstić information content (AvgIpc) is 2.49. The van der Waals surface area contributed by atoms with Gasteiger partial charge in [0.15, 0.2) is 0 Å². The zero-order valence-electron chi connectivity index (χ0n) is 11.7. The molecular weight excluding hydrogens is 324 g/mol. The predicted molar refractivity (Wildman–Crippen MR) is 90.6 cm³/mol. The Morgan fingerprint density at radius 3 is 2.24 bits per heavy atom. The highest BCUT2D eigenvalue weighted by atomic mass is 35.7. The Labute approximate surface area is 137 Å². The lowest BCUT2D eigenvalue weighted by Gasteiger charge is -2.25. The fraction of sp³-hybridized carbons (Fsp3) is 0.188. The molecule has 0 aliphatic heterocycles. The van der Waals surface area contributed by atoms with Crippen molar-refractivity contribution in [2.75, 3.05) is 0 Å². The third-order valence-corrected chi connectivity index (χ3v) is 4.90. The van der Waals surface area contributed by atoms with Gasteiger partial charge < -0.3 is 4.74 Å². The summed E-state index contributed by atoms with van der Waals surface area (Å²) in [6, 6.07) is 16.9. The highest BCUT2D eigenvalue weighted by Crippen LogP contribution is 2.34. The van der Waals surface area contributed by atoms with Crippen LogP contribution in [0.1, 0.15) is 29.8 Å². The summed E-state index contributed by atoms with van der Waals surface area (Å²) in [5, 5.41) is 0. The molecule has 0 aliphatic carbocycles. The van der Waals surface area contributed by atoms with Crippen LogP contribution in [0.5, 0.6) is 0 Å². The number of hydrogen-bond donors (Lipinski definition) is 0. The van der Waals surface area contributed by atoms with Crippen LogP contribution in [0.2, 0.25) is 0 Å². The van der Waals surface area contributed by atoms with Crippen LogP contribution < -0.4 is 0 Å². The van der Waals surface area contributed by atoms with Gasteiger partial charge in [-0.15, -0.1) is 0 Å². The number of benzene rings is 2. The molecule has 0 fully saturated rings. The van der Waals surface area contributed by atoms with Crippen LogP contribution in [-0.4, -0.2) is 5.97 Å². The van der Waals surface area contributed by atoms with E-state index in [2.05, 4.69) is 0 Å². The zero-order valence-corrected chi connectivity index (χ0v) is 14.1. The second-order valence-corrected chi connectivity index (χ2v) is 7.71. The number of ether oxygens (including phenoxy) is 1. The fourth-order valence-electron chi connectivity index (χ4n) is 1.87. The van der Waals surface area contributed by atoms with Gasteiger partial charge in [0.25, 0.3) is 0 Å². The molecule has 5 heteroatoms. The molecule has 2 rings (SSSR count). The number of carbonyl (C=O) groups is 1. The second kappa shape index (κ2) is 7.25. The van der Waals surface area contributed by atoms with Crippen molar-refractivity contribution in [1.82, 2.24) is 0 Å². The maximum atomic E-state index is 12.2. The molecule has 21 heavy (non-hydrogen) atoms. The zero-order chi connectivity index (χ0) is 15.3. The van der Waals surface area contributed by atoms with Crippen molar-refractivity contribution in [2.45, 2.75) is 24.3 Å². The van der Waals surface area contributed by atoms with Crippen LogP contribution in [0.15, 0.2) is 59.5 Å². The summed E-state index contributed by atoms with van der Waals surface area (Å²) in [5.74, 6) is -0.334. The van der Waals surface area contributed by atoms with Gasteiger partial charge in [-0.1, -0.05) is 30.3 Å². The number of hydrogen-bond acceptors (Lipinski definition) is 4. The van der Waals surface area contributed by atoms with E-state index in [4.69, 9.17) is 15.4 Å². The summed E-state index contributed by atoms with van der Waals surface area (Å²) in [7, 11) is 8.17. The topological polar surface area (TPSA) is 26.3 Å². The lowest BCUT2D eigenvalue weighted by Crippen LogP contribution is -2.25. The summed E-state index contributed by atoms with van der Waals surface area (Å²) < 4.78 is 5.63. The Hall–Kier alpha value is -1.10. The molecule has 0 amide bonds. The van der Waals surface area contributed by atoms with Crippen molar-refractivity contribution < 1.29 is 9.53 Å². The van der Waals surface area contributed by atoms with Gasteiger partial charge >= 0.3 is 5.97 Å². The molecule has 0 spiro atoms. The molecule has 0 heterocycles. The Morgan fingerprint density at radius 1 is 1.05 bits per heavy atom. The molecule has 0 aromatic heterocycles. The first-order valence-electron chi connectivity index (χ1n) is 6.37. The van der Waals surface area contributed by atoms with E-state index in [1.807, 2.05) is 56.3 Å². The van der Waals surface area contributed by atoms with E-state index in [-0.39, 0.29) is 5.97 Å². The molecule has 0 saturated carbocycles. The summed E-state index contributed by atoms with van der Waals surface area (Å²) >= 11 is 0. The minimum absolute atomic E-state index is 0.334. The molecule has 2 aromatic rings. The third kappa shape index (κ3) is 4.43. The van der Waals surface area contributed by atoms with Crippen LogP contribution in [0, 0.1) is 0 Å². The van der Waals surface area contributed by atoms with Crippen LogP contribution in [-0.2, 0) is 10.3 Å². The van der Waals surface area contributed by atoms with Gasteiger partial charge in [0, 0.05) is 14.9 Å². The first-order valence-corrected chi connectivity index (χ1v) is 9.35. The van der Waals surface area contributed by atoms with Crippen molar-refractivity contribution in [3.8, 4) is 0 Å². The van der Waals surface area contributed by atoms with E-state index in [0.29, 0.717) is 5.56 Å². The van der Waals surface area contributed by atoms with Crippen molar-refractivity contribution in [1.29, 1.82) is 0 Å². The largest absolute Gasteiger partial charge is 0.451 e. The summed E-state index contributed by atoms with van der Waals surface area (Å²) in [5.41, 5.74) is 0.824. The fourth-order valence-corrected chi connectivity index (χ4v) is 3.40. The van der Waals surface area contributed by atoms with Crippen molar-refractivity contribution in [2.24, 2.45) is 0 Å². The molecule has 2 aromatic carbocycles. The average molecular weight is 339 g/mol. The highest BCUT2D eigenvalue weighted by Gasteiger charge is 2.25. The van der Waals surface area contributed by atoms with Gasteiger partial charge in [0.05, 0.1) is 5.56 Å². The molecule has 0 aliphatic rings. The predicted octanol–water partition coefficient (Wildman–Crippen LogP) is 5.67. The number of rotatable bonds is 5. The second-order valence-electron chi connectivity index (χ2n) is 4.94. The summed E-state index contributed by atoms with van der Waals surface area (Å²) in [6.07, 6.45) is 0. The lowest BCUT2D eigenvalue weighted by molar-refractivity contribution is -0.00313. The monoisotopic (exact) mass is 338 g/mol. The van der Waals surface area contributed by atoms with E-state index in [9.17, 15) is 4.79 Å². The Morgan fingerprint density at radius 2 is 1.67 bits per heavy atom. The summed E-state index contributed by atoms with van der Waals surface area (Å²) in [6.45, 7) is 3.77. The normalized spacial score (nSPS) is 11.2. The SMILES string of the molecule is CC(C)(OC(=O)c1ccc(SSCl)cc1)c1ccccc1. The maximum Gasteiger partial charge on any atom is 0.338 e. The minimum atomic E-state index is -0.669. The van der Waals surface area contributed by atoms with Crippen molar-refractivity contribution in [3.05, 3.63) is 65.7 Å². The van der Waals surface area contributed by atoms with E-state index in [0.717, 1.165) is 20.5 Å². The van der Waals surface area contributed by atoms with E-state index in [1.165, 1.54) is 10.8 Å². The summed E-state index contributed by atoms with van der Waals surface area (Å²) in [4.78, 5) is 13.2. The number of carbonyl (C=O) groups excluding carboxylic acids is 1. The number of halogens is 1. The van der Waals surface area contributed by atoms with Gasteiger partial charge in [0.2, 0.25) is 0 Å². The minimum Gasteiger partial charge on any atom is -0.451 e. The molecule has 0 radical (unpaired) electrons. The Bertz CT molecular complexity index is 597. The van der Waals surface area contributed by atoms with Crippen LogP contribution in [0.4, 0.5) is 0 Å². The Kier molecular flexibility index (Phi) is 5.62. The van der Waals surface area contributed by atoms with Crippen LogP contribution >= 0.6 is 31.5 Å². The number of esters is 1. The molecular formula is C16H15ClO2S2.